The fraction of sp³-hybridized carbons (Fsp3) is 0.778. The highest BCUT2D eigenvalue weighted by Gasteiger charge is 2.35. The lowest BCUT2D eigenvalue weighted by Gasteiger charge is -2.41. The Kier molecular flexibility index (Phi) is 6.49. The Balaban J connectivity index is 1.52. The lowest BCUT2D eigenvalue weighted by molar-refractivity contribution is -0.0519. The van der Waals surface area contributed by atoms with Gasteiger partial charge in [0.1, 0.15) is 0 Å². The largest absolute Gasteiger partial charge is 0.387 e. The molecule has 2 aliphatic heterocycles. The number of β-amino-alcohol motifs (C(OH)–C–C–N with tert-alkyl or cyclic N) is 1. The van der Waals surface area contributed by atoms with Gasteiger partial charge in [0.05, 0.1) is 5.60 Å². The maximum Gasteiger partial charge on any atom is 0.187 e. The minimum Gasteiger partial charge on any atom is -0.387 e. The van der Waals surface area contributed by atoms with E-state index in [9.17, 15) is 5.11 Å². The van der Waals surface area contributed by atoms with E-state index in [4.69, 9.17) is 0 Å². The highest BCUT2D eigenvalue weighted by atomic mass is 32.2. The van der Waals surface area contributed by atoms with Gasteiger partial charge in [-0.2, -0.15) is 0 Å². The summed E-state index contributed by atoms with van der Waals surface area (Å²) in [5, 5.41) is 11.9. The topological polar surface area (TPSA) is 52.5 Å². The van der Waals surface area contributed by atoms with Crippen molar-refractivity contribution in [2.45, 2.75) is 56.3 Å². The lowest BCUT2D eigenvalue weighted by Crippen LogP contribution is -2.53. The molecule has 1 atom stereocenters. The van der Waals surface area contributed by atoms with E-state index >= 15 is 0 Å². The van der Waals surface area contributed by atoms with E-state index in [1.54, 1.807) is 11.8 Å². The van der Waals surface area contributed by atoms with Crippen LogP contribution in [0.15, 0.2) is 17.6 Å². The fourth-order valence-corrected chi connectivity index (χ4v) is 4.42. The summed E-state index contributed by atoms with van der Waals surface area (Å²) in [5.74, 6) is 1.06. The van der Waals surface area contributed by atoms with Crippen LogP contribution in [0, 0.1) is 0 Å². The van der Waals surface area contributed by atoms with Crippen molar-refractivity contribution in [1.82, 2.24) is 19.8 Å². The summed E-state index contributed by atoms with van der Waals surface area (Å²) in [6.07, 6.45) is 9.56. The van der Waals surface area contributed by atoms with Crippen molar-refractivity contribution < 1.29 is 5.11 Å². The zero-order chi connectivity index (χ0) is 16.8. The van der Waals surface area contributed by atoms with Gasteiger partial charge in [0.15, 0.2) is 5.16 Å². The summed E-state index contributed by atoms with van der Waals surface area (Å²) in [6.45, 7) is 7.93. The molecule has 24 heavy (non-hydrogen) atoms. The van der Waals surface area contributed by atoms with Crippen LogP contribution < -0.4 is 0 Å². The van der Waals surface area contributed by atoms with Crippen LogP contribution >= 0.6 is 11.8 Å². The smallest absolute Gasteiger partial charge is 0.187 e. The van der Waals surface area contributed by atoms with Crippen LogP contribution in [0.2, 0.25) is 0 Å². The molecule has 2 aliphatic rings. The van der Waals surface area contributed by atoms with Crippen molar-refractivity contribution in [1.29, 1.82) is 0 Å². The summed E-state index contributed by atoms with van der Waals surface area (Å²) < 4.78 is 0. The molecule has 2 fully saturated rings. The Morgan fingerprint density at radius 2 is 1.83 bits per heavy atom. The minimum atomic E-state index is -0.555. The number of aromatic nitrogens is 2. The van der Waals surface area contributed by atoms with Gasteiger partial charge in [-0.25, -0.2) is 9.97 Å². The Bertz CT molecular complexity index is 506. The third-order valence-electron chi connectivity index (χ3n) is 4.87. The Hall–Kier alpha value is -0.690. The molecule has 1 unspecified atom stereocenters. The number of hydrogen-bond acceptors (Lipinski definition) is 6. The van der Waals surface area contributed by atoms with E-state index in [2.05, 4.69) is 26.7 Å². The van der Waals surface area contributed by atoms with Crippen LogP contribution in [0.4, 0.5) is 0 Å². The van der Waals surface area contributed by atoms with Crippen molar-refractivity contribution in [3.05, 3.63) is 18.0 Å². The van der Waals surface area contributed by atoms with E-state index in [1.807, 2.05) is 12.4 Å². The molecule has 3 heterocycles. The second-order valence-corrected chi connectivity index (χ2v) is 8.31. The summed E-state index contributed by atoms with van der Waals surface area (Å²) in [7, 11) is 0. The van der Waals surface area contributed by atoms with Crippen molar-refractivity contribution in [3.8, 4) is 0 Å². The van der Waals surface area contributed by atoms with Gasteiger partial charge in [-0.1, -0.05) is 18.7 Å². The molecule has 1 aromatic rings. The molecule has 0 amide bonds. The number of piperidine rings is 1. The van der Waals surface area contributed by atoms with E-state index in [-0.39, 0.29) is 0 Å². The molecule has 2 saturated heterocycles. The first kappa shape index (κ1) is 18.1. The van der Waals surface area contributed by atoms with Crippen LogP contribution in [0.1, 0.15) is 44.6 Å². The van der Waals surface area contributed by atoms with Crippen LogP contribution in [-0.4, -0.2) is 69.0 Å². The zero-order valence-corrected chi connectivity index (χ0v) is 15.6. The molecular formula is C18H30N4OS. The molecule has 1 aromatic heterocycles. The third kappa shape index (κ3) is 5.15. The predicted molar refractivity (Wildman–Crippen MR) is 98.2 cm³/mol. The summed E-state index contributed by atoms with van der Waals surface area (Å²) in [5.41, 5.74) is 0.585. The fourth-order valence-electron chi connectivity index (χ4n) is 3.78. The quantitative estimate of drug-likeness (QED) is 0.602. The molecule has 3 rings (SSSR count). The van der Waals surface area contributed by atoms with E-state index < -0.39 is 5.60 Å². The molecule has 134 valence electrons. The summed E-state index contributed by atoms with van der Waals surface area (Å²) in [6, 6.07) is 0. The van der Waals surface area contributed by atoms with Gasteiger partial charge in [-0.15, -0.1) is 0 Å². The first-order valence-corrected chi connectivity index (χ1v) is 10.3. The SMILES string of the molecule is CCCSc1ncc(CN2CCCC(O)(CN3CCCC3)C2)cn1. The second kappa shape index (κ2) is 8.61. The standard InChI is InChI=1S/C18H30N4OS/c1-2-10-24-17-19-11-16(12-20-17)13-22-9-5-6-18(23,15-22)14-21-7-3-4-8-21/h11-12,23H,2-10,13-15H2,1H3. The molecule has 0 saturated carbocycles. The highest BCUT2D eigenvalue weighted by Crippen LogP contribution is 2.25. The molecular weight excluding hydrogens is 320 g/mol. The molecule has 0 bridgehead atoms. The van der Waals surface area contributed by atoms with E-state index in [1.165, 1.54) is 12.8 Å². The molecule has 1 N–H and O–H groups in total. The molecule has 5 nitrogen and oxygen atoms in total. The maximum absolute atomic E-state index is 11.0. The number of hydrogen-bond donors (Lipinski definition) is 1. The van der Waals surface area contributed by atoms with Gasteiger partial charge in [-0.05, 0) is 51.7 Å². The van der Waals surface area contributed by atoms with E-state index in [0.717, 1.165) is 75.0 Å². The summed E-state index contributed by atoms with van der Waals surface area (Å²) in [4.78, 5) is 13.7. The van der Waals surface area contributed by atoms with Crippen LogP contribution in [0.3, 0.4) is 0 Å². The first-order valence-electron chi connectivity index (χ1n) is 9.28. The van der Waals surface area contributed by atoms with Crippen molar-refractivity contribution in [2.24, 2.45) is 0 Å². The summed E-state index contributed by atoms with van der Waals surface area (Å²) >= 11 is 1.71. The van der Waals surface area contributed by atoms with Crippen LogP contribution in [0.5, 0.6) is 0 Å². The highest BCUT2D eigenvalue weighted by molar-refractivity contribution is 7.99. The lowest BCUT2D eigenvalue weighted by atomic mass is 9.92. The Morgan fingerprint density at radius 3 is 2.54 bits per heavy atom. The Labute approximate surface area is 149 Å². The molecule has 0 radical (unpaired) electrons. The molecule has 0 aromatic carbocycles. The normalized spacial score (nSPS) is 26.1. The monoisotopic (exact) mass is 350 g/mol. The third-order valence-corrected chi connectivity index (χ3v) is 5.96. The van der Waals surface area contributed by atoms with Gasteiger partial charge in [-0.3, -0.25) is 4.90 Å². The van der Waals surface area contributed by atoms with Gasteiger partial charge in [0.25, 0.3) is 0 Å². The van der Waals surface area contributed by atoms with Gasteiger partial charge >= 0.3 is 0 Å². The average Bonchev–Trinajstić information content (AvgIpc) is 3.06. The zero-order valence-electron chi connectivity index (χ0n) is 14.8. The number of nitrogens with zero attached hydrogens (tertiary/aromatic N) is 4. The van der Waals surface area contributed by atoms with Crippen LogP contribution in [-0.2, 0) is 6.54 Å². The van der Waals surface area contributed by atoms with E-state index in [0.29, 0.717) is 0 Å². The average molecular weight is 351 g/mol. The van der Waals surface area contributed by atoms with Gasteiger partial charge in [0, 0.05) is 43.3 Å². The minimum absolute atomic E-state index is 0.555. The Morgan fingerprint density at radius 1 is 1.12 bits per heavy atom. The maximum atomic E-state index is 11.0. The van der Waals surface area contributed by atoms with Gasteiger partial charge in [0.2, 0.25) is 0 Å². The molecule has 0 aliphatic carbocycles. The first-order chi connectivity index (χ1) is 11.7. The number of likely N-dealkylation sites (tertiary alicyclic amines) is 2. The second-order valence-electron chi connectivity index (χ2n) is 7.24. The van der Waals surface area contributed by atoms with Gasteiger partial charge < -0.3 is 10.0 Å². The van der Waals surface area contributed by atoms with Crippen LogP contribution in [0.25, 0.3) is 0 Å². The number of rotatable bonds is 7. The molecule has 6 heteroatoms. The predicted octanol–water partition coefficient (Wildman–Crippen LogP) is 2.40. The number of aliphatic hydroxyl groups is 1. The molecule has 0 spiro atoms. The van der Waals surface area contributed by atoms with Crippen molar-refractivity contribution >= 4 is 11.8 Å². The van der Waals surface area contributed by atoms with Crippen molar-refractivity contribution in [2.75, 3.05) is 38.5 Å². The number of thioether (sulfide) groups is 1. The van der Waals surface area contributed by atoms with Crippen molar-refractivity contribution in [3.63, 3.8) is 0 Å².